The zero-order valence-electron chi connectivity index (χ0n) is 8.53. The van der Waals surface area contributed by atoms with Gasteiger partial charge in [-0.2, -0.15) is 0 Å². The molecule has 3 heteroatoms. The fraction of sp³-hybridized carbons (Fsp3) is 0.364. The average Bonchev–Trinajstić information content (AvgIpc) is 2.50. The quantitative estimate of drug-likeness (QED) is 0.753. The van der Waals surface area contributed by atoms with Gasteiger partial charge in [0, 0.05) is 11.6 Å². The van der Waals surface area contributed by atoms with E-state index in [1.165, 1.54) is 6.39 Å². The van der Waals surface area contributed by atoms with E-state index in [1.807, 2.05) is 20.8 Å². The molecule has 0 amide bonds. The topological polar surface area (TPSA) is 46.3 Å². The molecular formula is C11H13NO2. The van der Waals surface area contributed by atoms with Crippen molar-refractivity contribution in [1.82, 2.24) is 4.98 Å². The average molecular weight is 191 g/mol. The van der Waals surface area contributed by atoms with Crippen LogP contribution in [0.15, 0.2) is 16.9 Å². The van der Waals surface area contributed by atoms with Crippen molar-refractivity contribution in [1.29, 1.82) is 0 Å². The Bertz CT molecular complexity index is 471. The zero-order chi connectivity index (χ0) is 10.3. The van der Waals surface area contributed by atoms with Gasteiger partial charge in [-0.05, 0) is 18.4 Å². The van der Waals surface area contributed by atoms with E-state index in [0.29, 0.717) is 11.3 Å². The van der Waals surface area contributed by atoms with Crippen LogP contribution in [0.25, 0.3) is 11.1 Å². The van der Waals surface area contributed by atoms with Crippen LogP contribution < -0.4 is 0 Å². The van der Waals surface area contributed by atoms with E-state index in [0.717, 1.165) is 16.6 Å². The van der Waals surface area contributed by atoms with Crippen molar-refractivity contribution in [2.45, 2.75) is 26.7 Å². The molecule has 2 aromatic rings. The summed E-state index contributed by atoms with van der Waals surface area (Å²) >= 11 is 0. The van der Waals surface area contributed by atoms with Crippen LogP contribution in [0.5, 0.6) is 5.75 Å². The molecule has 0 spiro atoms. The maximum absolute atomic E-state index is 9.79. The van der Waals surface area contributed by atoms with E-state index in [9.17, 15) is 5.11 Å². The summed E-state index contributed by atoms with van der Waals surface area (Å²) in [6, 6.07) is 1.63. The fourth-order valence-electron chi connectivity index (χ4n) is 1.89. The molecule has 1 N–H and O–H groups in total. The van der Waals surface area contributed by atoms with Gasteiger partial charge < -0.3 is 9.52 Å². The van der Waals surface area contributed by atoms with Crippen molar-refractivity contribution >= 4 is 11.1 Å². The number of hydrogen-bond acceptors (Lipinski definition) is 3. The summed E-state index contributed by atoms with van der Waals surface area (Å²) in [6.45, 7) is 6.06. The van der Waals surface area contributed by atoms with Crippen LogP contribution in [0.2, 0.25) is 0 Å². The number of nitrogens with zero attached hydrogens (tertiary/aromatic N) is 1. The molecule has 0 saturated carbocycles. The van der Waals surface area contributed by atoms with Gasteiger partial charge >= 0.3 is 0 Å². The molecule has 0 unspecified atom stereocenters. The van der Waals surface area contributed by atoms with Crippen LogP contribution in [-0.4, -0.2) is 10.1 Å². The Morgan fingerprint density at radius 3 is 2.79 bits per heavy atom. The van der Waals surface area contributed by atoms with Gasteiger partial charge in [0.25, 0.3) is 0 Å². The second-order valence-electron chi connectivity index (χ2n) is 3.79. The first-order valence-electron chi connectivity index (χ1n) is 4.67. The largest absolute Gasteiger partial charge is 0.508 e. The van der Waals surface area contributed by atoms with Gasteiger partial charge in [0.1, 0.15) is 11.3 Å². The lowest BCUT2D eigenvalue weighted by atomic mass is 9.96. The highest BCUT2D eigenvalue weighted by atomic mass is 16.3. The Hall–Kier alpha value is -1.51. The molecule has 0 aliphatic carbocycles. The lowest BCUT2D eigenvalue weighted by Gasteiger charge is -2.11. The maximum Gasteiger partial charge on any atom is 0.181 e. The molecule has 1 heterocycles. The molecule has 0 aliphatic rings. The van der Waals surface area contributed by atoms with Gasteiger partial charge in [-0.25, -0.2) is 4.98 Å². The number of aryl methyl sites for hydroxylation is 1. The van der Waals surface area contributed by atoms with Crippen LogP contribution >= 0.6 is 0 Å². The lowest BCUT2D eigenvalue weighted by molar-refractivity contribution is 0.463. The number of rotatable bonds is 1. The third-order valence-corrected chi connectivity index (χ3v) is 2.48. The Kier molecular flexibility index (Phi) is 1.95. The van der Waals surface area contributed by atoms with Gasteiger partial charge in [-0.15, -0.1) is 0 Å². The summed E-state index contributed by atoms with van der Waals surface area (Å²) < 4.78 is 5.14. The molecule has 1 aromatic heterocycles. The van der Waals surface area contributed by atoms with Crippen LogP contribution in [0, 0.1) is 6.92 Å². The number of phenolic OH excluding ortho intramolecular Hbond substituents is 1. The van der Waals surface area contributed by atoms with Crippen LogP contribution in [0.4, 0.5) is 0 Å². The molecule has 0 fully saturated rings. The fourth-order valence-corrected chi connectivity index (χ4v) is 1.89. The van der Waals surface area contributed by atoms with Crippen LogP contribution in [-0.2, 0) is 0 Å². The molecule has 14 heavy (non-hydrogen) atoms. The number of hydrogen-bond donors (Lipinski definition) is 1. The molecule has 0 bridgehead atoms. The molecule has 0 saturated heterocycles. The summed E-state index contributed by atoms with van der Waals surface area (Å²) in [4.78, 5) is 4.12. The molecule has 0 atom stereocenters. The summed E-state index contributed by atoms with van der Waals surface area (Å²) in [7, 11) is 0. The summed E-state index contributed by atoms with van der Waals surface area (Å²) in [6.07, 6.45) is 1.40. The maximum atomic E-state index is 9.79. The van der Waals surface area contributed by atoms with Crippen molar-refractivity contribution in [3.8, 4) is 5.75 Å². The number of aromatic hydroxyl groups is 1. The minimum atomic E-state index is 0.288. The third kappa shape index (κ3) is 1.16. The highest BCUT2D eigenvalue weighted by Crippen LogP contribution is 2.33. The van der Waals surface area contributed by atoms with Gasteiger partial charge in [-0.1, -0.05) is 13.8 Å². The minimum absolute atomic E-state index is 0.288. The second-order valence-corrected chi connectivity index (χ2v) is 3.79. The van der Waals surface area contributed by atoms with Gasteiger partial charge in [0.15, 0.2) is 12.0 Å². The molecule has 1 aromatic carbocycles. The highest BCUT2D eigenvalue weighted by molar-refractivity contribution is 5.80. The van der Waals surface area contributed by atoms with E-state index >= 15 is 0 Å². The van der Waals surface area contributed by atoms with Crippen molar-refractivity contribution in [2.24, 2.45) is 0 Å². The molecule has 2 rings (SSSR count). The van der Waals surface area contributed by atoms with Gasteiger partial charge in [-0.3, -0.25) is 0 Å². The smallest absolute Gasteiger partial charge is 0.181 e. The Morgan fingerprint density at radius 2 is 2.14 bits per heavy atom. The predicted octanol–water partition coefficient (Wildman–Crippen LogP) is 2.97. The number of fused-ring (bicyclic) bond motifs is 1. The molecular weight excluding hydrogens is 178 g/mol. The summed E-state index contributed by atoms with van der Waals surface area (Å²) in [5, 5.41) is 9.79. The Labute approximate surface area is 82.4 Å². The van der Waals surface area contributed by atoms with Crippen LogP contribution in [0.1, 0.15) is 30.9 Å². The normalized spacial score (nSPS) is 11.4. The number of aromatic nitrogens is 1. The molecule has 0 aliphatic heterocycles. The lowest BCUT2D eigenvalue weighted by Crippen LogP contribution is -1.93. The number of phenols is 1. The van der Waals surface area contributed by atoms with E-state index < -0.39 is 0 Å². The van der Waals surface area contributed by atoms with Crippen molar-refractivity contribution in [3.63, 3.8) is 0 Å². The Balaban J connectivity index is 2.82. The summed E-state index contributed by atoms with van der Waals surface area (Å²) in [5.74, 6) is 0.581. The first-order valence-corrected chi connectivity index (χ1v) is 4.67. The zero-order valence-corrected chi connectivity index (χ0v) is 8.53. The SMILES string of the molecule is Cc1c(C(C)C)c(O)cc2ocnc12. The predicted molar refractivity (Wildman–Crippen MR) is 54.5 cm³/mol. The van der Waals surface area contributed by atoms with Crippen molar-refractivity contribution in [3.05, 3.63) is 23.6 Å². The van der Waals surface area contributed by atoms with E-state index in [4.69, 9.17) is 4.42 Å². The first-order chi connectivity index (χ1) is 6.61. The van der Waals surface area contributed by atoms with Gasteiger partial charge in [0.2, 0.25) is 0 Å². The molecule has 0 radical (unpaired) electrons. The minimum Gasteiger partial charge on any atom is -0.508 e. The second kappa shape index (κ2) is 3.01. The van der Waals surface area contributed by atoms with E-state index in [-0.39, 0.29) is 5.92 Å². The molecule has 3 nitrogen and oxygen atoms in total. The Morgan fingerprint density at radius 1 is 1.43 bits per heavy atom. The van der Waals surface area contributed by atoms with Crippen LogP contribution in [0.3, 0.4) is 0 Å². The van der Waals surface area contributed by atoms with Crippen molar-refractivity contribution < 1.29 is 9.52 Å². The monoisotopic (exact) mass is 191 g/mol. The van der Waals surface area contributed by atoms with E-state index in [2.05, 4.69) is 4.98 Å². The highest BCUT2D eigenvalue weighted by Gasteiger charge is 2.14. The molecule has 74 valence electrons. The van der Waals surface area contributed by atoms with E-state index in [1.54, 1.807) is 6.07 Å². The summed E-state index contributed by atoms with van der Waals surface area (Å²) in [5.41, 5.74) is 3.44. The van der Waals surface area contributed by atoms with Gasteiger partial charge in [0.05, 0.1) is 0 Å². The third-order valence-electron chi connectivity index (χ3n) is 2.48. The number of oxazole rings is 1. The number of benzene rings is 1. The first kappa shape index (κ1) is 9.06. The standard InChI is InChI=1S/C11H13NO2/c1-6(2)10-7(3)11-9(4-8(10)13)14-5-12-11/h4-6,13H,1-3H3. The van der Waals surface area contributed by atoms with Crippen molar-refractivity contribution in [2.75, 3.05) is 0 Å².